The summed E-state index contributed by atoms with van der Waals surface area (Å²) in [6.45, 7) is 8.56. The smallest absolute Gasteiger partial charge is 0.245 e. The molecule has 1 fully saturated rings. The first-order valence-electron chi connectivity index (χ1n) is 13.8. The summed E-state index contributed by atoms with van der Waals surface area (Å²) in [5, 5.41) is 8.46. The Morgan fingerprint density at radius 1 is 1.12 bits per heavy atom. The van der Waals surface area contributed by atoms with Crippen molar-refractivity contribution in [1.29, 1.82) is 0 Å². The van der Waals surface area contributed by atoms with E-state index in [-0.39, 0.29) is 36.7 Å². The second kappa shape index (κ2) is 14.9. The molecule has 40 heavy (non-hydrogen) atoms. The van der Waals surface area contributed by atoms with Crippen LogP contribution in [0.5, 0.6) is 0 Å². The second-order valence-corrected chi connectivity index (χ2v) is 11.4. The topological polar surface area (TPSA) is 130 Å². The van der Waals surface area contributed by atoms with E-state index < -0.39 is 24.0 Å². The Morgan fingerprint density at radius 3 is 2.48 bits per heavy atom. The molecule has 3 N–H and O–H groups in total. The predicted octanol–water partition coefficient (Wildman–Crippen LogP) is 2.80. The lowest BCUT2D eigenvalue weighted by Crippen LogP contribution is -2.55. The van der Waals surface area contributed by atoms with E-state index in [0.29, 0.717) is 32.4 Å². The third-order valence-electron chi connectivity index (χ3n) is 6.89. The standard InChI is InChI=1S/C29H41N5O5S/c1-18(2)15-23(33-25(35)12-14-39-5)27(36)32-20(4)29(38)34-13-6-7-24(34)28(37)30-16-21-8-10-22(11-9-21)26-19(3)31-17-40-26/h8-11,17-18,20,23-24H,6-7,12-16H2,1-5H3,(H,30,37)(H,32,36)(H,33,35)/t20-,23-,24-/m0/s1. The number of rotatable bonds is 13. The summed E-state index contributed by atoms with van der Waals surface area (Å²) in [5.41, 5.74) is 4.86. The number of carbonyl (C=O) groups is 4. The van der Waals surface area contributed by atoms with Crippen LogP contribution in [0.15, 0.2) is 29.8 Å². The largest absolute Gasteiger partial charge is 0.384 e. The van der Waals surface area contributed by atoms with Crippen LogP contribution in [0.25, 0.3) is 10.4 Å². The van der Waals surface area contributed by atoms with Crippen molar-refractivity contribution >= 4 is 35.0 Å². The third kappa shape index (κ3) is 8.59. The lowest BCUT2D eigenvalue weighted by atomic mass is 10.0. The molecule has 0 aliphatic carbocycles. The van der Waals surface area contributed by atoms with Crippen molar-refractivity contribution in [3.63, 3.8) is 0 Å². The van der Waals surface area contributed by atoms with E-state index in [2.05, 4.69) is 20.9 Å². The Balaban J connectivity index is 1.55. The average molecular weight is 572 g/mol. The van der Waals surface area contributed by atoms with Crippen LogP contribution in [0.3, 0.4) is 0 Å². The molecular formula is C29H41N5O5S. The molecule has 1 aromatic carbocycles. The van der Waals surface area contributed by atoms with E-state index in [9.17, 15) is 19.2 Å². The van der Waals surface area contributed by atoms with Gasteiger partial charge >= 0.3 is 0 Å². The fraction of sp³-hybridized carbons (Fsp3) is 0.552. The number of nitrogens with zero attached hydrogens (tertiary/aromatic N) is 2. The number of nitrogens with one attached hydrogen (secondary N) is 3. The van der Waals surface area contributed by atoms with Gasteiger partial charge in [-0.2, -0.15) is 0 Å². The second-order valence-electron chi connectivity index (χ2n) is 10.6. The quantitative estimate of drug-likeness (QED) is 0.339. The Labute approximate surface area is 240 Å². The predicted molar refractivity (Wildman–Crippen MR) is 154 cm³/mol. The zero-order valence-corrected chi connectivity index (χ0v) is 24.8. The molecule has 1 aliphatic rings. The van der Waals surface area contributed by atoms with Crippen molar-refractivity contribution in [3.05, 3.63) is 41.0 Å². The highest BCUT2D eigenvalue weighted by Crippen LogP contribution is 2.27. The summed E-state index contributed by atoms with van der Waals surface area (Å²) >= 11 is 1.59. The van der Waals surface area contributed by atoms with Gasteiger partial charge in [0.15, 0.2) is 0 Å². The third-order valence-corrected chi connectivity index (χ3v) is 7.87. The summed E-state index contributed by atoms with van der Waals surface area (Å²) in [5.74, 6) is -1.08. The van der Waals surface area contributed by atoms with Crippen LogP contribution in [0.1, 0.15) is 57.7 Å². The fourth-order valence-corrected chi connectivity index (χ4v) is 5.56. The van der Waals surface area contributed by atoms with Gasteiger partial charge in [0.2, 0.25) is 23.6 Å². The number of aromatic nitrogens is 1. The highest BCUT2D eigenvalue weighted by Gasteiger charge is 2.37. The normalized spacial score (nSPS) is 16.4. The molecule has 0 radical (unpaired) electrons. The van der Waals surface area contributed by atoms with Gasteiger partial charge in [-0.3, -0.25) is 19.2 Å². The van der Waals surface area contributed by atoms with E-state index in [1.165, 1.54) is 7.11 Å². The molecule has 1 aromatic heterocycles. The van der Waals surface area contributed by atoms with E-state index >= 15 is 0 Å². The maximum atomic E-state index is 13.3. The van der Waals surface area contributed by atoms with Crippen molar-refractivity contribution in [3.8, 4) is 10.4 Å². The minimum Gasteiger partial charge on any atom is -0.384 e. The summed E-state index contributed by atoms with van der Waals surface area (Å²) in [4.78, 5) is 58.5. The zero-order chi connectivity index (χ0) is 29.2. The van der Waals surface area contributed by atoms with Gasteiger partial charge in [-0.05, 0) is 50.2 Å². The molecular weight excluding hydrogens is 530 g/mol. The van der Waals surface area contributed by atoms with Crippen molar-refractivity contribution in [2.24, 2.45) is 5.92 Å². The highest BCUT2D eigenvalue weighted by molar-refractivity contribution is 7.13. The van der Waals surface area contributed by atoms with Crippen LogP contribution in [-0.2, 0) is 30.5 Å². The monoisotopic (exact) mass is 571 g/mol. The molecule has 10 nitrogen and oxygen atoms in total. The molecule has 4 amide bonds. The molecule has 1 saturated heterocycles. The molecule has 0 spiro atoms. The summed E-state index contributed by atoms with van der Waals surface area (Å²) in [6, 6.07) is 5.80. The molecule has 2 heterocycles. The number of likely N-dealkylation sites (tertiary alicyclic amines) is 1. The van der Waals surface area contributed by atoms with Gasteiger partial charge in [-0.15, -0.1) is 11.3 Å². The number of aryl methyl sites for hydroxylation is 1. The van der Waals surface area contributed by atoms with Crippen molar-refractivity contribution in [1.82, 2.24) is 25.8 Å². The van der Waals surface area contributed by atoms with E-state index in [1.807, 2.05) is 50.5 Å². The minimum absolute atomic E-state index is 0.146. The number of carbonyl (C=O) groups excluding carboxylic acids is 4. The number of ether oxygens (including phenoxy) is 1. The van der Waals surface area contributed by atoms with Gasteiger partial charge in [0.1, 0.15) is 18.1 Å². The van der Waals surface area contributed by atoms with Crippen LogP contribution < -0.4 is 16.0 Å². The average Bonchev–Trinajstić information content (AvgIpc) is 3.59. The minimum atomic E-state index is -0.839. The first-order chi connectivity index (χ1) is 19.1. The molecule has 0 saturated carbocycles. The molecule has 2 aromatic rings. The number of benzene rings is 1. The zero-order valence-electron chi connectivity index (χ0n) is 24.0. The SMILES string of the molecule is COCCC(=O)N[C@@H](CC(C)C)C(=O)N[C@@H](C)C(=O)N1CCC[C@H]1C(=O)NCc1ccc(-c2scnc2C)cc1. The van der Waals surface area contributed by atoms with Gasteiger partial charge in [-0.25, -0.2) is 4.98 Å². The molecule has 1 aliphatic heterocycles. The molecule has 3 rings (SSSR count). The number of amides is 4. The van der Waals surface area contributed by atoms with Crippen LogP contribution >= 0.6 is 11.3 Å². The summed E-state index contributed by atoms with van der Waals surface area (Å²) < 4.78 is 4.94. The van der Waals surface area contributed by atoms with E-state index in [4.69, 9.17) is 4.74 Å². The Hall–Kier alpha value is -3.31. The van der Waals surface area contributed by atoms with E-state index in [1.54, 1.807) is 23.2 Å². The van der Waals surface area contributed by atoms with E-state index in [0.717, 1.165) is 21.7 Å². The number of hydrogen-bond donors (Lipinski definition) is 3. The van der Waals surface area contributed by atoms with Crippen molar-refractivity contribution in [2.75, 3.05) is 20.3 Å². The Morgan fingerprint density at radius 2 is 1.85 bits per heavy atom. The molecule has 218 valence electrons. The first kappa shape index (κ1) is 31.2. The maximum absolute atomic E-state index is 13.3. The lowest BCUT2D eigenvalue weighted by Gasteiger charge is -2.28. The van der Waals surface area contributed by atoms with Crippen molar-refractivity contribution < 1.29 is 23.9 Å². The van der Waals surface area contributed by atoms with Gasteiger partial charge in [0.25, 0.3) is 0 Å². The molecule has 0 bridgehead atoms. The van der Waals surface area contributed by atoms with Crippen LogP contribution in [-0.4, -0.2) is 71.9 Å². The number of methoxy groups -OCH3 is 1. The van der Waals surface area contributed by atoms with Crippen molar-refractivity contribution in [2.45, 2.75) is 78.0 Å². The Kier molecular flexibility index (Phi) is 11.6. The molecule has 3 atom stereocenters. The van der Waals surface area contributed by atoms with Crippen LogP contribution in [0.2, 0.25) is 0 Å². The van der Waals surface area contributed by atoms with Crippen LogP contribution in [0, 0.1) is 12.8 Å². The number of hydrogen-bond acceptors (Lipinski definition) is 7. The summed E-state index contributed by atoms with van der Waals surface area (Å²) in [7, 11) is 1.51. The molecule has 11 heteroatoms. The van der Waals surface area contributed by atoms with Gasteiger partial charge in [0, 0.05) is 26.6 Å². The first-order valence-corrected chi connectivity index (χ1v) is 14.6. The van der Waals surface area contributed by atoms with Gasteiger partial charge < -0.3 is 25.6 Å². The van der Waals surface area contributed by atoms with Gasteiger partial charge in [-0.1, -0.05) is 38.1 Å². The Bertz CT molecular complexity index is 1170. The summed E-state index contributed by atoms with van der Waals surface area (Å²) in [6.07, 6.45) is 1.85. The van der Waals surface area contributed by atoms with Gasteiger partial charge in [0.05, 0.1) is 22.7 Å². The molecule has 0 unspecified atom stereocenters. The van der Waals surface area contributed by atoms with Crippen LogP contribution in [0.4, 0.5) is 0 Å². The fourth-order valence-electron chi connectivity index (χ4n) is 4.75. The lowest BCUT2D eigenvalue weighted by molar-refractivity contribution is -0.141. The highest BCUT2D eigenvalue weighted by atomic mass is 32.1. The maximum Gasteiger partial charge on any atom is 0.245 e. The number of thiazole rings is 1.